The van der Waals surface area contributed by atoms with Crippen molar-refractivity contribution in [2.75, 3.05) is 10.8 Å². The molecule has 6 nitrogen and oxygen atoms in total. The lowest BCUT2D eigenvalue weighted by atomic mass is 10.2. The van der Waals surface area contributed by atoms with Crippen LogP contribution in [0.2, 0.25) is 15.1 Å². The SMILES string of the molecule is Cc1ccc(S(=O)(=O)N(CC(=O)N/N=C\c2c(Cl)cccc2Cl)c2cccc(Cl)c2C)cc1. The first kappa shape index (κ1) is 25.1. The van der Waals surface area contributed by atoms with Crippen molar-refractivity contribution in [3.63, 3.8) is 0 Å². The van der Waals surface area contributed by atoms with Crippen LogP contribution in [-0.4, -0.2) is 27.1 Å². The van der Waals surface area contributed by atoms with Gasteiger partial charge in [0.2, 0.25) is 0 Å². The van der Waals surface area contributed by atoms with Crippen molar-refractivity contribution in [2.24, 2.45) is 5.10 Å². The number of nitrogens with zero attached hydrogens (tertiary/aromatic N) is 2. The van der Waals surface area contributed by atoms with E-state index in [0.29, 0.717) is 26.2 Å². The molecule has 33 heavy (non-hydrogen) atoms. The molecule has 0 saturated heterocycles. The predicted molar refractivity (Wildman–Crippen MR) is 134 cm³/mol. The van der Waals surface area contributed by atoms with Gasteiger partial charge in [-0.1, -0.05) is 64.6 Å². The molecule has 1 N–H and O–H groups in total. The number of amides is 1. The molecule has 3 aromatic rings. The summed E-state index contributed by atoms with van der Waals surface area (Å²) in [5.74, 6) is -0.663. The second-order valence-electron chi connectivity index (χ2n) is 7.14. The summed E-state index contributed by atoms with van der Waals surface area (Å²) >= 11 is 18.4. The number of carbonyl (C=O) groups excluding carboxylic acids is 1. The zero-order valence-electron chi connectivity index (χ0n) is 17.7. The first-order valence-electron chi connectivity index (χ1n) is 9.71. The highest BCUT2D eigenvalue weighted by Gasteiger charge is 2.28. The highest BCUT2D eigenvalue weighted by Crippen LogP contribution is 2.31. The van der Waals surface area contributed by atoms with Gasteiger partial charge in [0.25, 0.3) is 15.9 Å². The van der Waals surface area contributed by atoms with E-state index in [1.165, 1.54) is 18.3 Å². The molecule has 0 bridgehead atoms. The number of sulfonamides is 1. The first-order valence-corrected chi connectivity index (χ1v) is 12.3. The van der Waals surface area contributed by atoms with Crippen LogP contribution in [0.3, 0.4) is 0 Å². The van der Waals surface area contributed by atoms with E-state index in [0.717, 1.165) is 9.87 Å². The van der Waals surface area contributed by atoms with E-state index in [4.69, 9.17) is 34.8 Å². The number of carbonyl (C=O) groups is 1. The Morgan fingerprint density at radius 2 is 1.52 bits per heavy atom. The molecule has 3 rings (SSSR count). The number of aryl methyl sites for hydroxylation is 1. The third-order valence-electron chi connectivity index (χ3n) is 4.79. The summed E-state index contributed by atoms with van der Waals surface area (Å²) < 4.78 is 27.9. The van der Waals surface area contributed by atoms with E-state index in [-0.39, 0.29) is 10.6 Å². The van der Waals surface area contributed by atoms with E-state index in [1.807, 2.05) is 6.92 Å². The van der Waals surface area contributed by atoms with E-state index in [9.17, 15) is 13.2 Å². The van der Waals surface area contributed by atoms with Gasteiger partial charge in [-0.15, -0.1) is 0 Å². The molecule has 0 aliphatic heterocycles. The fourth-order valence-electron chi connectivity index (χ4n) is 2.97. The summed E-state index contributed by atoms with van der Waals surface area (Å²) in [6.45, 7) is 3.02. The molecule has 3 aromatic carbocycles. The Balaban J connectivity index is 1.91. The molecule has 0 saturated carbocycles. The summed E-state index contributed by atoms with van der Waals surface area (Å²) in [5, 5.41) is 4.97. The number of benzene rings is 3. The van der Waals surface area contributed by atoms with Gasteiger partial charge in [-0.2, -0.15) is 5.10 Å². The lowest BCUT2D eigenvalue weighted by Gasteiger charge is -2.25. The van der Waals surface area contributed by atoms with Crippen molar-refractivity contribution in [3.8, 4) is 0 Å². The smallest absolute Gasteiger partial charge is 0.264 e. The van der Waals surface area contributed by atoms with Gasteiger partial charge in [0.05, 0.1) is 26.8 Å². The summed E-state index contributed by atoms with van der Waals surface area (Å²) in [5.41, 5.74) is 4.47. The summed E-state index contributed by atoms with van der Waals surface area (Å²) in [7, 11) is -4.08. The van der Waals surface area contributed by atoms with Crippen LogP contribution < -0.4 is 9.73 Å². The maximum absolute atomic E-state index is 13.5. The number of anilines is 1. The van der Waals surface area contributed by atoms with Crippen molar-refractivity contribution >= 4 is 62.6 Å². The second-order valence-corrected chi connectivity index (χ2v) is 10.2. The summed E-state index contributed by atoms with van der Waals surface area (Å²) in [4.78, 5) is 12.7. The lowest BCUT2D eigenvalue weighted by molar-refractivity contribution is -0.119. The normalized spacial score (nSPS) is 11.5. The molecule has 10 heteroatoms. The molecule has 0 fully saturated rings. The number of hydrazone groups is 1. The van der Waals surface area contributed by atoms with Crippen molar-refractivity contribution in [1.29, 1.82) is 0 Å². The third kappa shape index (κ3) is 5.86. The van der Waals surface area contributed by atoms with Gasteiger partial charge in [-0.3, -0.25) is 9.10 Å². The topological polar surface area (TPSA) is 78.8 Å². The molecule has 0 aromatic heterocycles. The minimum absolute atomic E-state index is 0.0478. The van der Waals surface area contributed by atoms with Crippen LogP contribution in [0, 0.1) is 13.8 Å². The second kappa shape index (κ2) is 10.6. The minimum atomic E-state index is -4.08. The Labute approximate surface area is 207 Å². The Morgan fingerprint density at radius 3 is 2.15 bits per heavy atom. The molecule has 0 unspecified atom stereocenters. The van der Waals surface area contributed by atoms with Crippen molar-refractivity contribution in [3.05, 3.63) is 92.4 Å². The molecule has 0 heterocycles. The number of rotatable bonds is 7. The molecule has 0 atom stereocenters. The van der Waals surface area contributed by atoms with Crippen LogP contribution in [0.25, 0.3) is 0 Å². The molecule has 0 spiro atoms. The van der Waals surface area contributed by atoms with Crippen LogP contribution >= 0.6 is 34.8 Å². The van der Waals surface area contributed by atoms with E-state index in [2.05, 4.69) is 10.5 Å². The van der Waals surface area contributed by atoms with Crippen LogP contribution in [0.4, 0.5) is 5.69 Å². The zero-order valence-corrected chi connectivity index (χ0v) is 20.8. The molecule has 0 aliphatic rings. The standard InChI is InChI=1S/C23H20Cl3N3O3S/c1-15-9-11-17(12-10-15)33(31,32)29(22-8-4-5-19(24)16(22)2)14-23(30)28-27-13-18-20(25)6-3-7-21(18)26/h3-13H,14H2,1-2H3,(H,28,30)/b27-13-. The average molecular weight is 525 g/mol. The van der Waals surface area contributed by atoms with E-state index in [1.54, 1.807) is 55.5 Å². The van der Waals surface area contributed by atoms with Gasteiger partial charge >= 0.3 is 0 Å². The van der Waals surface area contributed by atoms with Crippen LogP contribution in [-0.2, 0) is 14.8 Å². The van der Waals surface area contributed by atoms with Crippen molar-refractivity contribution in [2.45, 2.75) is 18.7 Å². The van der Waals surface area contributed by atoms with Crippen LogP contribution in [0.15, 0.2) is 70.7 Å². The Kier molecular flexibility index (Phi) is 8.02. The van der Waals surface area contributed by atoms with Gasteiger partial charge in [0.15, 0.2) is 0 Å². The highest BCUT2D eigenvalue weighted by atomic mass is 35.5. The van der Waals surface area contributed by atoms with Crippen LogP contribution in [0.5, 0.6) is 0 Å². The number of hydrogen-bond donors (Lipinski definition) is 1. The molecular formula is C23H20Cl3N3O3S. The average Bonchev–Trinajstić information content (AvgIpc) is 2.76. The van der Waals surface area contributed by atoms with Crippen LogP contribution in [0.1, 0.15) is 16.7 Å². The summed E-state index contributed by atoms with van der Waals surface area (Å²) in [6, 6.07) is 16.2. The van der Waals surface area contributed by atoms with Crippen molar-refractivity contribution in [1.82, 2.24) is 5.43 Å². The largest absolute Gasteiger partial charge is 0.271 e. The zero-order chi connectivity index (χ0) is 24.2. The van der Waals surface area contributed by atoms with Gasteiger partial charge in [0.1, 0.15) is 6.54 Å². The number of nitrogens with one attached hydrogen (secondary N) is 1. The van der Waals surface area contributed by atoms with Gasteiger partial charge in [0, 0.05) is 10.6 Å². The van der Waals surface area contributed by atoms with Gasteiger partial charge < -0.3 is 0 Å². The predicted octanol–water partition coefficient (Wildman–Crippen LogP) is 5.61. The minimum Gasteiger partial charge on any atom is -0.271 e. The Morgan fingerprint density at radius 1 is 0.939 bits per heavy atom. The lowest BCUT2D eigenvalue weighted by Crippen LogP contribution is -2.40. The quantitative estimate of drug-likeness (QED) is 0.322. The van der Waals surface area contributed by atoms with Gasteiger partial charge in [-0.25, -0.2) is 13.8 Å². The molecular weight excluding hydrogens is 505 g/mol. The third-order valence-corrected chi connectivity index (χ3v) is 7.63. The van der Waals surface area contributed by atoms with E-state index >= 15 is 0 Å². The monoisotopic (exact) mass is 523 g/mol. The maximum Gasteiger partial charge on any atom is 0.264 e. The first-order chi connectivity index (χ1) is 15.6. The summed E-state index contributed by atoms with van der Waals surface area (Å²) in [6.07, 6.45) is 1.30. The van der Waals surface area contributed by atoms with E-state index < -0.39 is 22.5 Å². The molecule has 0 radical (unpaired) electrons. The molecule has 172 valence electrons. The highest BCUT2D eigenvalue weighted by molar-refractivity contribution is 7.92. The number of hydrogen-bond acceptors (Lipinski definition) is 4. The Hall–Kier alpha value is -2.58. The molecule has 1 amide bonds. The fraction of sp³-hybridized carbons (Fsp3) is 0.130. The Bertz CT molecular complexity index is 1290. The number of halogens is 3. The maximum atomic E-state index is 13.5. The van der Waals surface area contributed by atoms with Gasteiger partial charge in [-0.05, 0) is 55.8 Å². The molecule has 0 aliphatic carbocycles. The fourth-order valence-corrected chi connectivity index (χ4v) is 5.12. The van der Waals surface area contributed by atoms with Crippen molar-refractivity contribution < 1.29 is 13.2 Å².